The third kappa shape index (κ3) is 3.61. The Hall–Kier alpha value is -2.48. The van der Waals surface area contributed by atoms with Crippen molar-refractivity contribution in [3.8, 4) is 0 Å². The summed E-state index contributed by atoms with van der Waals surface area (Å²) < 4.78 is 12.2. The number of ether oxygens (including phenoxy) is 2. The topological polar surface area (TPSA) is 69.0 Å². The second kappa shape index (κ2) is 7.87. The van der Waals surface area contributed by atoms with Crippen LogP contribution in [-0.2, 0) is 35.7 Å². The van der Waals surface area contributed by atoms with E-state index < -0.39 is 0 Å². The summed E-state index contributed by atoms with van der Waals surface area (Å²) in [4.78, 5) is 19.0. The molecule has 0 aliphatic carbocycles. The molecule has 0 saturated heterocycles. The van der Waals surface area contributed by atoms with E-state index in [1.807, 2.05) is 4.90 Å². The molecule has 3 heterocycles. The number of aromatic nitrogens is 3. The molecule has 0 radical (unpaired) electrons. The van der Waals surface area contributed by atoms with E-state index in [9.17, 15) is 4.79 Å². The molecule has 1 amide bonds. The number of fused-ring (bicyclic) bond motifs is 2. The summed E-state index contributed by atoms with van der Waals surface area (Å²) in [6, 6.07) is 5.98. The predicted molar refractivity (Wildman–Crippen MR) is 104 cm³/mol. The second-order valence-electron chi connectivity index (χ2n) is 6.84. The molecule has 0 atom stereocenters. The number of nitrogens with zero attached hydrogens (tertiary/aromatic N) is 4. The Balaban J connectivity index is 1.60. The first kappa shape index (κ1) is 18.9. The van der Waals surface area contributed by atoms with Gasteiger partial charge in [-0.1, -0.05) is 23.7 Å². The predicted octanol–water partition coefficient (Wildman–Crippen LogP) is 2.87. The van der Waals surface area contributed by atoms with Gasteiger partial charge in [0.25, 0.3) is 5.91 Å². The summed E-state index contributed by atoms with van der Waals surface area (Å²) in [5.41, 5.74) is 5.56. The van der Waals surface area contributed by atoms with E-state index in [2.05, 4.69) is 22.2 Å². The number of methoxy groups -OCH3 is 2. The van der Waals surface area contributed by atoms with Crippen molar-refractivity contribution < 1.29 is 14.3 Å². The molecule has 28 heavy (non-hydrogen) atoms. The van der Waals surface area contributed by atoms with Gasteiger partial charge in [-0.05, 0) is 28.7 Å². The Morgan fingerprint density at radius 1 is 1.14 bits per heavy atom. The van der Waals surface area contributed by atoms with E-state index in [4.69, 9.17) is 21.1 Å². The Morgan fingerprint density at radius 2 is 1.86 bits per heavy atom. The number of benzene rings is 1. The van der Waals surface area contributed by atoms with Crippen molar-refractivity contribution in [2.24, 2.45) is 0 Å². The van der Waals surface area contributed by atoms with Crippen LogP contribution in [0.15, 0.2) is 30.6 Å². The SMILES string of the molecule is COCc1cc2c(cc1COC)CN(C(=O)c1cc3ncc(Cl)cn3n1)CC2. The minimum absolute atomic E-state index is 0.110. The van der Waals surface area contributed by atoms with Gasteiger partial charge in [0.2, 0.25) is 0 Å². The second-order valence-corrected chi connectivity index (χ2v) is 7.27. The van der Waals surface area contributed by atoms with E-state index in [0.29, 0.717) is 42.7 Å². The van der Waals surface area contributed by atoms with Crippen LogP contribution in [0.2, 0.25) is 5.02 Å². The molecular weight excluding hydrogens is 380 g/mol. The fourth-order valence-electron chi connectivity index (χ4n) is 3.58. The number of amides is 1. The minimum atomic E-state index is -0.110. The van der Waals surface area contributed by atoms with Crippen LogP contribution in [0.1, 0.15) is 32.7 Å². The summed E-state index contributed by atoms with van der Waals surface area (Å²) in [6.45, 7) is 2.24. The summed E-state index contributed by atoms with van der Waals surface area (Å²) >= 11 is 5.95. The minimum Gasteiger partial charge on any atom is -0.380 e. The summed E-state index contributed by atoms with van der Waals surface area (Å²) in [5, 5.41) is 4.80. The first-order valence-corrected chi connectivity index (χ1v) is 9.38. The van der Waals surface area contributed by atoms with Gasteiger partial charge in [-0.2, -0.15) is 5.10 Å². The smallest absolute Gasteiger partial charge is 0.274 e. The number of carbonyl (C=O) groups excluding carboxylic acids is 1. The van der Waals surface area contributed by atoms with Gasteiger partial charge in [0.05, 0.1) is 24.4 Å². The van der Waals surface area contributed by atoms with Crippen molar-refractivity contribution in [2.45, 2.75) is 26.2 Å². The van der Waals surface area contributed by atoms with Crippen LogP contribution in [-0.4, -0.2) is 46.2 Å². The van der Waals surface area contributed by atoms with Crippen LogP contribution in [0.4, 0.5) is 0 Å². The maximum Gasteiger partial charge on any atom is 0.274 e. The van der Waals surface area contributed by atoms with Crippen molar-refractivity contribution in [3.63, 3.8) is 0 Å². The quantitative estimate of drug-likeness (QED) is 0.658. The molecule has 0 spiro atoms. The van der Waals surface area contributed by atoms with Crippen molar-refractivity contribution in [1.29, 1.82) is 0 Å². The fourth-order valence-corrected chi connectivity index (χ4v) is 3.73. The van der Waals surface area contributed by atoms with Crippen LogP contribution in [0.3, 0.4) is 0 Å². The van der Waals surface area contributed by atoms with Crippen molar-refractivity contribution in [3.05, 3.63) is 63.6 Å². The lowest BCUT2D eigenvalue weighted by Gasteiger charge is -2.29. The van der Waals surface area contributed by atoms with Gasteiger partial charge >= 0.3 is 0 Å². The molecule has 0 unspecified atom stereocenters. The highest BCUT2D eigenvalue weighted by atomic mass is 35.5. The molecule has 0 fully saturated rings. The van der Waals surface area contributed by atoms with Crippen LogP contribution in [0, 0.1) is 0 Å². The normalized spacial score (nSPS) is 13.8. The molecule has 0 N–H and O–H groups in total. The molecule has 2 aromatic heterocycles. The van der Waals surface area contributed by atoms with Crippen molar-refractivity contribution in [1.82, 2.24) is 19.5 Å². The molecule has 3 aromatic rings. The van der Waals surface area contributed by atoms with Gasteiger partial charge in [0.15, 0.2) is 11.3 Å². The number of halogens is 1. The molecule has 7 nitrogen and oxygen atoms in total. The number of hydrogen-bond donors (Lipinski definition) is 0. The van der Waals surface area contributed by atoms with Crippen molar-refractivity contribution in [2.75, 3.05) is 20.8 Å². The van der Waals surface area contributed by atoms with Gasteiger partial charge in [-0.3, -0.25) is 4.79 Å². The summed E-state index contributed by atoms with van der Waals surface area (Å²) in [6.07, 6.45) is 3.97. The standard InChI is InChI=1S/C20H21ClN4O3/c1-27-11-15-5-13-3-4-24(9-14(13)6-16(15)12-28-2)20(26)18-7-19-22-8-17(21)10-25(19)23-18/h5-8,10H,3-4,9,11-12H2,1-2H3. The molecule has 1 aliphatic heterocycles. The van der Waals surface area contributed by atoms with E-state index in [1.54, 1.807) is 32.7 Å². The zero-order chi connectivity index (χ0) is 19.7. The average Bonchev–Trinajstić information content (AvgIpc) is 3.11. The number of hydrogen-bond acceptors (Lipinski definition) is 5. The zero-order valence-electron chi connectivity index (χ0n) is 15.8. The molecule has 8 heteroatoms. The monoisotopic (exact) mass is 400 g/mol. The van der Waals surface area contributed by atoms with Crippen LogP contribution >= 0.6 is 11.6 Å². The first-order chi connectivity index (χ1) is 13.6. The van der Waals surface area contributed by atoms with Crippen LogP contribution < -0.4 is 0 Å². The van der Waals surface area contributed by atoms with Gasteiger partial charge < -0.3 is 14.4 Å². The van der Waals surface area contributed by atoms with Crippen molar-refractivity contribution >= 4 is 23.2 Å². The van der Waals surface area contributed by atoms with E-state index in [-0.39, 0.29) is 5.91 Å². The van der Waals surface area contributed by atoms with Gasteiger partial charge in [0.1, 0.15) is 0 Å². The zero-order valence-corrected chi connectivity index (χ0v) is 16.6. The fraction of sp³-hybridized carbons (Fsp3) is 0.350. The third-order valence-electron chi connectivity index (χ3n) is 4.92. The maximum absolute atomic E-state index is 13.0. The molecule has 0 bridgehead atoms. The highest BCUT2D eigenvalue weighted by Gasteiger charge is 2.25. The van der Waals surface area contributed by atoms with Gasteiger partial charge in [-0.15, -0.1) is 0 Å². The van der Waals surface area contributed by atoms with E-state index >= 15 is 0 Å². The highest BCUT2D eigenvalue weighted by molar-refractivity contribution is 6.30. The Labute approximate surface area is 167 Å². The molecule has 0 saturated carbocycles. The number of rotatable bonds is 5. The van der Waals surface area contributed by atoms with Gasteiger partial charge in [-0.25, -0.2) is 9.50 Å². The lowest BCUT2D eigenvalue weighted by Crippen LogP contribution is -2.36. The molecule has 1 aliphatic rings. The largest absolute Gasteiger partial charge is 0.380 e. The van der Waals surface area contributed by atoms with Gasteiger partial charge in [0, 0.05) is 39.6 Å². The molecular formula is C20H21ClN4O3. The lowest BCUT2D eigenvalue weighted by atomic mass is 9.93. The van der Waals surface area contributed by atoms with Crippen LogP contribution in [0.5, 0.6) is 0 Å². The lowest BCUT2D eigenvalue weighted by molar-refractivity contribution is 0.0728. The van der Waals surface area contributed by atoms with E-state index in [1.165, 1.54) is 10.1 Å². The maximum atomic E-state index is 13.0. The summed E-state index contributed by atoms with van der Waals surface area (Å²) in [7, 11) is 3.36. The van der Waals surface area contributed by atoms with Crippen LogP contribution in [0.25, 0.3) is 5.65 Å². The highest BCUT2D eigenvalue weighted by Crippen LogP contribution is 2.25. The number of carbonyl (C=O) groups is 1. The van der Waals surface area contributed by atoms with E-state index in [0.717, 1.165) is 23.1 Å². The summed E-state index contributed by atoms with van der Waals surface area (Å²) in [5.74, 6) is -0.110. The Morgan fingerprint density at radius 3 is 2.57 bits per heavy atom. The average molecular weight is 401 g/mol. The first-order valence-electron chi connectivity index (χ1n) is 9.00. The Kier molecular flexibility index (Phi) is 5.30. The third-order valence-corrected chi connectivity index (χ3v) is 5.12. The Bertz CT molecular complexity index is 1030. The molecule has 146 valence electrons. The molecule has 4 rings (SSSR count). The molecule has 1 aromatic carbocycles.